The molecule has 6 nitrogen and oxygen atoms in total. The third kappa shape index (κ3) is 12.4. The van der Waals surface area contributed by atoms with Crippen molar-refractivity contribution in [3.8, 4) is 0 Å². The summed E-state index contributed by atoms with van der Waals surface area (Å²) >= 11 is 0. The molecular weight excluding hydrogens is 556 g/mol. The minimum atomic E-state index is -0.107. The van der Waals surface area contributed by atoms with Gasteiger partial charge in [0.1, 0.15) is 0 Å². The monoisotopic (exact) mass is 596 g/mol. The molecule has 4 aromatic rings. The van der Waals surface area contributed by atoms with Crippen LogP contribution in [0.4, 0.5) is 0 Å². The Morgan fingerprint density at radius 3 is 1.18 bits per heavy atom. The molecule has 0 atom stereocenters. The minimum Gasteiger partial charge on any atom is -0.273 e. The maximum absolute atomic E-state index is 12.5. The maximum Gasteiger partial charge on any atom is 0.240 e. The van der Waals surface area contributed by atoms with Crippen LogP contribution in [0.15, 0.2) is 144 Å². The largest absolute Gasteiger partial charge is 0.273 e. The van der Waals surface area contributed by atoms with Crippen LogP contribution in [0.1, 0.15) is 67.2 Å². The molecule has 2 amide bonds. The molecule has 0 bridgehead atoms. The van der Waals surface area contributed by atoms with E-state index in [2.05, 4.69) is 21.1 Å². The average molecular weight is 597 g/mol. The first-order valence-electron chi connectivity index (χ1n) is 15.5. The highest BCUT2D eigenvalue weighted by molar-refractivity contribution is 6.11. The first-order valence-corrected chi connectivity index (χ1v) is 15.5. The van der Waals surface area contributed by atoms with E-state index in [-0.39, 0.29) is 11.8 Å². The van der Waals surface area contributed by atoms with Crippen LogP contribution < -0.4 is 10.9 Å². The van der Waals surface area contributed by atoms with E-state index in [4.69, 9.17) is 0 Å². The van der Waals surface area contributed by atoms with Crippen molar-refractivity contribution in [3.63, 3.8) is 0 Å². The Labute approximate surface area is 266 Å². The average Bonchev–Trinajstić information content (AvgIpc) is 3.09. The number of amides is 2. The third-order valence-electron chi connectivity index (χ3n) is 7.02. The summed E-state index contributed by atoms with van der Waals surface area (Å²) in [7, 11) is 0. The smallest absolute Gasteiger partial charge is 0.240 e. The summed E-state index contributed by atoms with van der Waals surface area (Å²) in [6.45, 7) is 0. The van der Waals surface area contributed by atoms with Gasteiger partial charge in [0.2, 0.25) is 11.8 Å². The Bertz CT molecular complexity index is 1460. The summed E-state index contributed by atoms with van der Waals surface area (Å²) in [6, 6.07) is 39.6. The molecule has 0 saturated heterocycles. The molecule has 0 spiro atoms. The van der Waals surface area contributed by atoms with E-state index in [1.807, 2.05) is 146 Å². The third-order valence-corrected chi connectivity index (χ3v) is 7.02. The highest BCUT2D eigenvalue weighted by Gasteiger charge is 2.05. The highest BCUT2D eigenvalue weighted by Crippen LogP contribution is 2.10. The molecule has 4 aromatic carbocycles. The van der Waals surface area contributed by atoms with Crippen LogP contribution in [0.2, 0.25) is 0 Å². The van der Waals surface area contributed by atoms with Gasteiger partial charge in [-0.05, 0) is 36.1 Å². The number of unbranched alkanes of at least 4 members (excludes halogenated alkanes) is 4. The molecule has 0 aliphatic heterocycles. The summed E-state index contributed by atoms with van der Waals surface area (Å²) in [5, 5.41) is 8.81. The molecule has 0 unspecified atom stereocenters. The molecule has 0 aliphatic carbocycles. The van der Waals surface area contributed by atoms with Crippen LogP contribution in [0.3, 0.4) is 0 Å². The van der Waals surface area contributed by atoms with Gasteiger partial charge in [0, 0.05) is 24.0 Å². The summed E-state index contributed by atoms with van der Waals surface area (Å²) in [6.07, 6.45) is 12.9. The molecule has 0 heterocycles. The number of benzene rings is 4. The SMILES string of the molecule is O=C(CCCCCCCC(=O)N/N=C(/C=C/c1ccccc1)c1ccccc1)N/N=C(/C=C/c1ccccc1)c1ccccc1. The van der Waals surface area contributed by atoms with Gasteiger partial charge in [0.25, 0.3) is 0 Å². The van der Waals surface area contributed by atoms with E-state index in [1.165, 1.54) is 0 Å². The minimum absolute atomic E-state index is 0.107. The van der Waals surface area contributed by atoms with Gasteiger partial charge in [-0.2, -0.15) is 10.2 Å². The lowest BCUT2D eigenvalue weighted by molar-refractivity contribution is -0.121. The molecule has 0 saturated carbocycles. The van der Waals surface area contributed by atoms with Gasteiger partial charge in [-0.25, -0.2) is 10.9 Å². The van der Waals surface area contributed by atoms with Gasteiger partial charge in [-0.3, -0.25) is 9.59 Å². The van der Waals surface area contributed by atoms with Crippen molar-refractivity contribution in [1.29, 1.82) is 0 Å². The molecular formula is C39H40N4O2. The maximum atomic E-state index is 12.5. The predicted molar refractivity (Wildman–Crippen MR) is 186 cm³/mol. The summed E-state index contributed by atoms with van der Waals surface area (Å²) in [5.41, 5.74) is 10.8. The Morgan fingerprint density at radius 1 is 0.467 bits per heavy atom. The van der Waals surface area contributed by atoms with Crippen molar-refractivity contribution in [1.82, 2.24) is 10.9 Å². The van der Waals surface area contributed by atoms with Crippen molar-refractivity contribution >= 4 is 35.4 Å². The topological polar surface area (TPSA) is 82.9 Å². The van der Waals surface area contributed by atoms with Crippen molar-refractivity contribution in [2.45, 2.75) is 44.9 Å². The Hall–Kier alpha value is -5.36. The highest BCUT2D eigenvalue weighted by atomic mass is 16.2. The van der Waals surface area contributed by atoms with Crippen molar-refractivity contribution in [2.75, 3.05) is 0 Å². The molecule has 6 heteroatoms. The number of hydrazone groups is 2. The zero-order chi connectivity index (χ0) is 31.4. The fourth-order valence-electron chi connectivity index (χ4n) is 4.55. The second-order valence-corrected chi connectivity index (χ2v) is 10.6. The second kappa shape index (κ2) is 19.0. The van der Waals surface area contributed by atoms with E-state index in [1.54, 1.807) is 0 Å². The molecule has 0 aliphatic rings. The summed E-state index contributed by atoms with van der Waals surface area (Å²) in [4.78, 5) is 25.0. The summed E-state index contributed by atoms with van der Waals surface area (Å²) in [5.74, 6) is -0.214. The molecule has 2 N–H and O–H groups in total. The van der Waals surface area contributed by atoms with Gasteiger partial charge < -0.3 is 0 Å². The predicted octanol–water partition coefficient (Wildman–Crippen LogP) is 8.18. The van der Waals surface area contributed by atoms with Gasteiger partial charge in [-0.1, -0.05) is 153 Å². The van der Waals surface area contributed by atoms with E-state index in [9.17, 15) is 9.59 Å². The first-order chi connectivity index (χ1) is 22.2. The number of carbonyl (C=O) groups excluding carboxylic acids is 2. The Balaban J connectivity index is 1.16. The van der Waals surface area contributed by atoms with E-state index in [0.717, 1.165) is 54.4 Å². The van der Waals surface area contributed by atoms with Crippen LogP contribution in [-0.2, 0) is 9.59 Å². The van der Waals surface area contributed by atoms with Crippen molar-refractivity contribution in [2.24, 2.45) is 10.2 Å². The van der Waals surface area contributed by atoms with Gasteiger partial charge in [-0.15, -0.1) is 0 Å². The Morgan fingerprint density at radius 2 is 0.800 bits per heavy atom. The van der Waals surface area contributed by atoms with Gasteiger partial charge >= 0.3 is 0 Å². The van der Waals surface area contributed by atoms with Crippen LogP contribution in [0.25, 0.3) is 12.2 Å². The van der Waals surface area contributed by atoms with E-state index in [0.29, 0.717) is 24.3 Å². The van der Waals surface area contributed by atoms with Gasteiger partial charge in [0.05, 0.1) is 11.4 Å². The van der Waals surface area contributed by atoms with Crippen LogP contribution in [-0.4, -0.2) is 23.2 Å². The van der Waals surface area contributed by atoms with E-state index >= 15 is 0 Å². The normalized spacial score (nSPS) is 12.0. The lowest BCUT2D eigenvalue weighted by Crippen LogP contribution is -2.19. The van der Waals surface area contributed by atoms with Crippen molar-refractivity contribution < 1.29 is 9.59 Å². The van der Waals surface area contributed by atoms with Crippen LogP contribution >= 0.6 is 0 Å². The number of hydrogen-bond acceptors (Lipinski definition) is 4. The first kappa shape index (κ1) is 32.6. The number of allylic oxidation sites excluding steroid dienone is 2. The van der Waals surface area contributed by atoms with Crippen LogP contribution in [0, 0.1) is 0 Å². The Kier molecular flexibility index (Phi) is 13.8. The van der Waals surface area contributed by atoms with E-state index < -0.39 is 0 Å². The number of nitrogens with zero attached hydrogens (tertiary/aromatic N) is 2. The fourth-order valence-corrected chi connectivity index (χ4v) is 4.55. The molecule has 4 rings (SSSR count). The number of hydrogen-bond donors (Lipinski definition) is 2. The zero-order valence-electron chi connectivity index (χ0n) is 25.5. The molecule has 228 valence electrons. The second-order valence-electron chi connectivity index (χ2n) is 10.6. The molecule has 0 aromatic heterocycles. The van der Waals surface area contributed by atoms with Crippen LogP contribution in [0.5, 0.6) is 0 Å². The van der Waals surface area contributed by atoms with Gasteiger partial charge in [0.15, 0.2) is 0 Å². The lowest BCUT2D eigenvalue weighted by atomic mass is 10.1. The van der Waals surface area contributed by atoms with Crippen molar-refractivity contribution in [3.05, 3.63) is 156 Å². The number of carbonyl (C=O) groups is 2. The summed E-state index contributed by atoms with van der Waals surface area (Å²) < 4.78 is 0. The quantitative estimate of drug-likeness (QED) is 0.0777. The lowest BCUT2D eigenvalue weighted by Gasteiger charge is -2.05. The standard InChI is InChI=1S/C39H40N4O2/c44-38(42-40-36(34-22-12-6-13-23-34)30-28-32-18-8-4-9-19-32)26-16-2-1-3-17-27-39(45)43-41-37(35-24-14-7-15-25-35)31-29-33-20-10-5-11-21-33/h4-15,18-25,28-31H,1-3,16-17,26-27H2,(H,42,44)(H,43,45)/b30-28+,31-29+,40-36-,41-37-. The number of nitrogens with one attached hydrogen (secondary N) is 2. The number of rotatable bonds is 16. The molecule has 45 heavy (non-hydrogen) atoms. The zero-order valence-corrected chi connectivity index (χ0v) is 25.5. The fraction of sp³-hybridized carbons (Fsp3) is 0.179. The molecule has 0 fully saturated rings. The molecule has 0 radical (unpaired) electrons.